The van der Waals surface area contributed by atoms with Gasteiger partial charge in [0.2, 0.25) is 0 Å². The highest BCUT2D eigenvalue weighted by molar-refractivity contribution is 6.43. The number of nitrogens with zero attached hydrogens (tertiary/aromatic N) is 4. The van der Waals surface area contributed by atoms with E-state index in [4.69, 9.17) is 0 Å². The van der Waals surface area contributed by atoms with Crippen molar-refractivity contribution < 1.29 is 9.59 Å². The highest BCUT2D eigenvalue weighted by Gasteiger charge is 2.25. The van der Waals surface area contributed by atoms with Gasteiger partial charge in [0, 0.05) is 38.4 Å². The molecule has 7 nitrogen and oxygen atoms in total. The van der Waals surface area contributed by atoms with Gasteiger partial charge < -0.3 is 10.2 Å². The summed E-state index contributed by atoms with van der Waals surface area (Å²) in [4.78, 5) is 30.2. The van der Waals surface area contributed by atoms with Crippen LogP contribution in [0.4, 0.5) is 5.69 Å². The molecule has 2 aromatic carbocycles. The zero-order chi connectivity index (χ0) is 23.2. The molecular weight excluding hydrogens is 414 g/mol. The first-order valence-electron chi connectivity index (χ1n) is 11.5. The number of para-hydroxylation sites is 2. The third-order valence-electron chi connectivity index (χ3n) is 6.16. The summed E-state index contributed by atoms with van der Waals surface area (Å²) in [7, 11) is 0. The number of anilines is 1. The van der Waals surface area contributed by atoms with Gasteiger partial charge in [-0.2, -0.15) is 5.10 Å². The Morgan fingerprint density at radius 1 is 0.879 bits per heavy atom. The van der Waals surface area contributed by atoms with Crippen molar-refractivity contribution in [2.45, 2.75) is 20.3 Å². The van der Waals surface area contributed by atoms with Crippen LogP contribution in [0.1, 0.15) is 28.2 Å². The molecule has 0 radical (unpaired) electrons. The number of Topliss-reactive ketones (excluding diaryl/α,β-unsaturated/α-hetero) is 1. The van der Waals surface area contributed by atoms with Crippen LogP contribution in [0.25, 0.3) is 5.69 Å². The van der Waals surface area contributed by atoms with Crippen molar-refractivity contribution in [2.24, 2.45) is 0 Å². The van der Waals surface area contributed by atoms with Gasteiger partial charge in [0.15, 0.2) is 0 Å². The van der Waals surface area contributed by atoms with Crippen LogP contribution < -0.4 is 10.2 Å². The number of aryl methyl sites for hydroxylation is 1. The van der Waals surface area contributed by atoms with E-state index in [0.29, 0.717) is 23.5 Å². The molecule has 172 valence electrons. The number of carbonyl (C=O) groups is 2. The molecular formula is C26H31N5O2. The molecule has 0 saturated carbocycles. The molecule has 1 aliphatic heterocycles. The van der Waals surface area contributed by atoms with Gasteiger partial charge in [-0.3, -0.25) is 14.5 Å². The minimum atomic E-state index is -0.567. The molecule has 1 aliphatic rings. The third-order valence-corrected chi connectivity index (χ3v) is 6.16. The number of aromatic nitrogens is 2. The Morgan fingerprint density at radius 2 is 1.48 bits per heavy atom. The van der Waals surface area contributed by atoms with Crippen molar-refractivity contribution in [3.05, 3.63) is 77.6 Å². The zero-order valence-corrected chi connectivity index (χ0v) is 19.3. The van der Waals surface area contributed by atoms with E-state index in [-0.39, 0.29) is 0 Å². The molecule has 2 heterocycles. The SMILES string of the molecule is Cc1nn(-c2ccccc2)c(C)c1C(=O)C(=O)NCCCN1CCN(c2ccccc2)CC1. The fourth-order valence-corrected chi connectivity index (χ4v) is 4.36. The predicted molar refractivity (Wildman–Crippen MR) is 130 cm³/mol. The largest absolute Gasteiger partial charge is 0.369 e. The Balaban J connectivity index is 1.24. The smallest absolute Gasteiger partial charge is 0.292 e. The average Bonchev–Trinajstić information content (AvgIpc) is 3.16. The number of benzene rings is 2. The van der Waals surface area contributed by atoms with Crippen molar-refractivity contribution in [3.8, 4) is 5.69 Å². The molecule has 0 aliphatic carbocycles. The highest BCUT2D eigenvalue weighted by atomic mass is 16.2. The lowest BCUT2D eigenvalue weighted by molar-refractivity contribution is -0.117. The van der Waals surface area contributed by atoms with Gasteiger partial charge in [0.05, 0.1) is 22.6 Å². The second-order valence-corrected chi connectivity index (χ2v) is 8.40. The first-order valence-corrected chi connectivity index (χ1v) is 11.5. The molecule has 0 unspecified atom stereocenters. The minimum absolute atomic E-state index is 0.383. The predicted octanol–water partition coefficient (Wildman–Crippen LogP) is 3.00. The Labute approximate surface area is 195 Å². The van der Waals surface area contributed by atoms with E-state index in [1.54, 1.807) is 11.6 Å². The lowest BCUT2D eigenvalue weighted by atomic mass is 10.1. The highest BCUT2D eigenvalue weighted by Crippen LogP contribution is 2.19. The van der Waals surface area contributed by atoms with E-state index in [0.717, 1.165) is 44.8 Å². The van der Waals surface area contributed by atoms with Gasteiger partial charge in [-0.05, 0) is 51.1 Å². The quantitative estimate of drug-likeness (QED) is 0.328. The van der Waals surface area contributed by atoms with Gasteiger partial charge in [-0.15, -0.1) is 0 Å². The maximum atomic E-state index is 12.8. The van der Waals surface area contributed by atoms with Crippen molar-refractivity contribution in [1.82, 2.24) is 20.0 Å². The normalized spacial score (nSPS) is 14.3. The lowest BCUT2D eigenvalue weighted by Crippen LogP contribution is -2.47. The van der Waals surface area contributed by atoms with Crippen LogP contribution in [0.15, 0.2) is 60.7 Å². The topological polar surface area (TPSA) is 70.5 Å². The summed E-state index contributed by atoms with van der Waals surface area (Å²) >= 11 is 0. The summed E-state index contributed by atoms with van der Waals surface area (Å²) in [5, 5.41) is 7.27. The summed E-state index contributed by atoms with van der Waals surface area (Å²) in [5.74, 6) is -1.09. The number of rotatable bonds is 8. The van der Waals surface area contributed by atoms with Crippen LogP contribution in [-0.2, 0) is 4.79 Å². The third kappa shape index (κ3) is 5.31. The molecule has 3 aromatic rings. The van der Waals surface area contributed by atoms with Crippen LogP contribution in [0.5, 0.6) is 0 Å². The molecule has 7 heteroatoms. The van der Waals surface area contributed by atoms with Crippen molar-refractivity contribution >= 4 is 17.4 Å². The van der Waals surface area contributed by atoms with Crippen LogP contribution in [0, 0.1) is 13.8 Å². The number of amides is 1. The second-order valence-electron chi connectivity index (χ2n) is 8.40. The maximum absolute atomic E-state index is 12.8. The van der Waals surface area contributed by atoms with Gasteiger partial charge in [0.1, 0.15) is 0 Å². The lowest BCUT2D eigenvalue weighted by Gasteiger charge is -2.36. The number of piperazine rings is 1. The Hall–Kier alpha value is -3.45. The Morgan fingerprint density at radius 3 is 2.12 bits per heavy atom. The van der Waals surface area contributed by atoms with Gasteiger partial charge in [-0.1, -0.05) is 36.4 Å². The molecule has 0 atom stereocenters. The molecule has 1 N–H and O–H groups in total. The molecule has 1 amide bonds. The molecule has 33 heavy (non-hydrogen) atoms. The van der Waals surface area contributed by atoms with Gasteiger partial charge in [0.25, 0.3) is 11.7 Å². The van der Waals surface area contributed by atoms with Crippen molar-refractivity contribution in [2.75, 3.05) is 44.2 Å². The number of hydrogen-bond acceptors (Lipinski definition) is 5. The molecule has 1 fully saturated rings. The summed E-state index contributed by atoms with van der Waals surface area (Å²) in [6.07, 6.45) is 0.811. The monoisotopic (exact) mass is 445 g/mol. The fourth-order valence-electron chi connectivity index (χ4n) is 4.36. The zero-order valence-electron chi connectivity index (χ0n) is 19.3. The standard InChI is InChI=1S/C26H31N5O2/c1-20-24(21(2)31(28-20)23-12-7-4-8-13-23)25(32)26(33)27-14-9-15-29-16-18-30(19-17-29)22-10-5-3-6-11-22/h3-8,10-13H,9,14-19H2,1-2H3,(H,27,33). The van der Waals surface area contributed by atoms with E-state index in [2.05, 4.69) is 44.5 Å². The van der Waals surface area contributed by atoms with Gasteiger partial charge in [-0.25, -0.2) is 4.68 Å². The van der Waals surface area contributed by atoms with Crippen molar-refractivity contribution in [1.29, 1.82) is 0 Å². The summed E-state index contributed by atoms with van der Waals surface area (Å²) in [6.45, 7) is 8.97. The van der Waals surface area contributed by atoms with Gasteiger partial charge >= 0.3 is 0 Å². The minimum Gasteiger partial charge on any atom is -0.369 e. The van der Waals surface area contributed by atoms with Crippen molar-refractivity contribution in [3.63, 3.8) is 0 Å². The average molecular weight is 446 g/mol. The first kappa shape index (κ1) is 22.7. The molecule has 4 rings (SSSR count). The number of ketones is 1. The molecule has 1 aromatic heterocycles. The number of hydrogen-bond donors (Lipinski definition) is 1. The van der Waals surface area contributed by atoms with E-state index in [1.807, 2.05) is 43.3 Å². The summed E-state index contributed by atoms with van der Waals surface area (Å²) < 4.78 is 1.71. The molecule has 0 bridgehead atoms. The van der Waals surface area contributed by atoms with Crippen LogP contribution in [0.3, 0.4) is 0 Å². The molecule has 1 saturated heterocycles. The van der Waals surface area contributed by atoms with E-state index < -0.39 is 11.7 Å². The van der Waals surface area contributed by atoms with E-state index >= 15 is 0 Å². The number of carbonyl (C=O) groups excluding carboxylic acids is 2. The van der Waals surface area contributed by atoms with E-state index in [1.165, 1.54) is 5.69 Å². The Bertz CT molecular complexity index is 1090. The van der Waals surface area contributed by atoms with Crippen LogP contribution in [0.2, 0.25) is 0 Å². The number of nitrogens with one attached hydrogen (secondary N) is 1. The first-order chi connectivity index (χ1) is 16.0. The molecule has 0 spiro atoms. The summed E-state index contributed by atoms with van der Waals surface area (Å²) in [6, 6.07) is 20.1. The van der Waals surface area contributed by atoms with E-state index in [9.17, 15) is 9.59 Å². The van der Waals surface area contributed by atoms with Crippen LogP contribution in [-0.4, -0.2) is 65.6 Å². The fraction of sp³-hybridized carbons (Fsp3) is 0.346. The second kappa shape index (κ2) is 10.4. The maximum Gasteiger partial charge on any atom is 0.292 e. The summed E-state index contributed by atoms with van der Waals surface area (Å²) in [5.41, 5.74) is 3.75. The van der Waals surface area contributed by atoms with Crippen LogP contribution >= 0.6 is 0 Å². The Kier molecular flexibility index (Phi) is 7.19.